The number of methoxy groups -OCH3 is 1. The molecule has 0 unspecified atom stereocenters. The zero-order chi connectivity index (χ0) is 17.4. The fourth-order valence-corrected chi connectivity index (χ4v) is 2.63. The smallest absolute Gasteiger partial charge is 0.328 e. The normalized spacial score (nSPS) is 11.6. The first-order valence-electron chi connectivity index (χ1n) is 7.74. The molecule has 0 spiro atoms. The summed E-state index contributed by atoms with van der Waals surface area (Å²) in [6.45, 7) is 0. The summed E-state index contributed by atoms with van der Waals surface area (Å²) in [6.07, 6.45) is 1.37. The Kier molecular flexibility index (Phi) is 7.00. The van der Waals surface area contributed by atoms with Crippen LogP contribution in [0.25, 0.3) is 0 Å². The summed E-state index contributed by atoms with van der Waals surface area (Å²) in [5.74, 6) is -0.600. The van der Waals surface area contributed by atoms with Gasteiger partial charge in [-0.1, -0.05) is 58.4 Å². The third-order valence-corrected chi connectivity index (χ3v) is 4.19. The molecule has 0 aliphatic heterocycles. The van der Waals surface area contributed by atoms with E-state index < -0.39 is 12.0 Å². The molecule has 0 bridgehead atoms. The highest BCUT2D eigenvalue weighted by Gasteiger charge is 2.21. The summed E-state index contributed by atoms with van der Waals surface area (Å²) in [7, 11) is 1.33. The number of nitrogens with one attached hydrogen (secondary N) is 1. The van der Waals surface area contributed by atoms with Gasteiger partial charge in [0.05, 0.1) is 7.11 Å². The van der Waals surface area contributed by atoms with Crippen LogP contribution in [0.15, 0.2) is 59.1 Å². The number of esters is 1. The summed E-state index contributed by atoms with van der Waals surface area (Å²) >= 11 is 3.38. The third-order valence-electron chi connectivity index (χ3n) is 3.66. The van der Waals surface area contributed by atoms with Gasteiger partial charge in [0.1, 0.15) is 6.04 Å². The minimum atomic E-state index is -0.681. The molecule has 0 aromatic heterocycles. The van der Waals surface area contributed by atoms with Crippen LogP contribution in [0.5, 0.6) is 0 Å². The number of hydrogen-bond acceptors (Lipinski definition) is 3. The fraction of sp³-hybridized carbons (Fsp3) is 0.263. The number of carbonyl (C=O) groups excluding carboxylic acids is 2. The number of ether oxygens (including phenoxy) is 1. The Balaban J connectivity index is 1.93. The molecule has 0 aliphatic rings. The van der Waals surface area contributed by atoms with Crippen molar-refractivity contribution < 1.29 is 14.3 Å². The Morgan fingerprint density at radius 2 is 1.71 bits per heavy atom. The molecule has 2 rings (SSSR count). The number of aryl methyl sites for hydroxylation is 1. The molecule has 126 valence electrons. The quantitative estimate of drug-likeness (QED) is 0.739. The van der Waals surface area contributed by atoms with Gasteiger partial charge >= 0.3 is 5.97 Å². The lowest BCUT2D eigenvalue weighted by Gasteiger charge is -2.16. The lowest BCUT2D eigenvalue weighted by molar-refractivity contribution is -0.145. The summed E-state index contributed by atoms with van der Waals surface area (Å²) < 4.78 is 5.77. The average molecular weight is 390 g/mol. The van der Waals surface area contributed by atoms with E-state index in [1.165, 1.54) is 7.11 Å². The molecule has 0 saturated heterocycles. The van der Waals surface area contributed by atoms with E-state index in [0.717, 1.165) is 15.6 Å². The maximum atomic E-state index is 12.2. The van der Waals surface area contributed by atoms with Crippen LogP contribution in [0, 0.1) is 0 Å². The Labute approximate surface area is 150 Å². The summed E-state index contributed by atoms with van der Waals surface area (Å²) in [6, 6.07) is 16.7. The first-order valence-corrected chi connectivity index (χ1v) is 8.53. The minimum absolute atomic E-state index is 0.161. The van der Waals surface area contributed by atoms with E-state index in [1.807, 2.05) is 54.6 Å². The second-order valence-corrected chi connectivity index (χ2v) is 6.38. The third kappa shape index (κ3) is 5.81. The SMILES string of the molecule is COC(=O)[C@@H](Cc1ccc(Br)cc1)NC(=O)CCc1ccccc1. The summed E-state index contributed by atoms with van der Waals surface area (Å²) in [5.41, 5.74) is 2.05. The van der Waals surface area contributed by atoms with E-state index in [0.29, 0.717) is 19.3 Å². The van der Waals surface area contributed by atoms with Crippen LogP contribution in [0.4, 0.5) is 0 Å². The Hall–Kier alpha value is -2.14. The van der Waals surface area contributed by atoms with E-state index in [1.54, 1.807) is 0 Å². The molecule has 1 N–H and O–H groups in total. The van der Waals surface area contributed by atoms with Crippen molar-refractivity contribution in [3.63, 3.8) is 0 Å². The lowest BCUT2D eigenvalue weighted by Crippen LogP contribution is -2.43. The number of hydrogen-bond donors (Lipinski definition) is 1. The predicted molar refractivity (Wildman–Crippen MR) is 96.6 cm³/mol. The number of amides is 1. The van der Waals surface area contributed by atoms with Crippen molar-refractivity contribution >= 4 is 27.8 Å². The molecule has 1 atom stereocenters. The first kappa shape index (κ1) is 18.2. The van der Waals surface area contributed by atoms with E-state index >= 15 is 0 Å². The molecule has 4 nitrogen and oxygen atoms in total. The molecule has 0 fully saturated rings. The zero-order valence-corrected chi connectivity index (χ0v) is 15.1. The molecule has 24 heavy (non-hydrogen) atoms. The first-order chi connectivity index (χ1) is 11.6. The minimum Gasteiger partial charge on any atom is -0.467 e. The molecule has 0 aliphatic carbocycles. The van der Waals surface area contributed by atoms with Crippen LogP contribution < -0.4 is 5.32 Å². The maximum Gasteiger partial charge on any atom is 0.328 e. The molecule has 2 aromatic carbocycles. The Morgan fingerprint density at radius 3 is 2.33 bits per heavy atom. The number of halogens is 1. The van der Waals surface area contributed by atoms with Crippen molar-refractivity contribution in [2.45, 2.75) is 25.3 Å². The van der Waals surface area contributed by atoms with Crippen molar-refractivity contribution in [2.75, 3.05) is 7.11 Å². The number of rotatable bonds is 7. The molecule has 0 radical (unpaired) electrons. The van der Waals surface area contributed by atoms with Gasteiger partial charge in [-0.3, -0.25) is 4.79 Å². The second kappa shape index (κ2) is 9.23. The van der Waals surface area contributed by atoms with Crippen molar-refractivity contribution in [3.8, 4) is 0 Å². The Morgan fingerprint density at radius 1 is 1.04 bits per heavy atom. The van der Waals surface area contributed by atoms with Crippen molar-refractivity contribution in [1.29, 1.82) is 0 Å². The predicted octanol–water partition coefficient (Wildman–Crippen LogP) is 3.28. The van der Waals surface area contributed by atoms with Crippen LogP contribution in [-0.4, -0.2) is 25.0 Å². The van der Waals surface area contributed by atoms with Crippen molar-refractivity contribution in [3.05, 3.63) is 70.2 Å². The maximum absolute atomic E-state index is 12.2. The molecule has 5 heteroatoms. The van der Waals surface area contributed by atoms with E-state index in [4.69, 9.17) is 4.74 Å². The zero-order valence-electron chi connectivity index (χ0n) is 13.5. The van der Waals surface area contributed by atoms with Gasteiger partial charge in [0.15, 0.2) is 0 Å². The molecule has 1 amide bonds. The van der Waals surface area contributed by atoms with E-state index in [2.05, 4.69) is 21.2 Å². The highest BCUT2D eigenvalue weighted by molar-refractivity contribution is 9.10. The van der Waals surface area contributed by atoms with Gasteiger partial charge in [-0.25, -0.2) is 4.79 Å². The van der Waals surface area contributed by atoms with Gasteiger partial charge in [0.25, 0.3) is 0 Å². The average Bonchev–Trinajstić information content (AvgIpc) is 2.61. The van der Waals surface area contributed by atoms with Crippen molar-refractivity contribution in [1.82, 2.24) is 5.32 Å². The van der Waals surface area contributed by atoms with Gasteiger partial charge in [0.2, 0.25) is 5.91 Å². The van der Waals surface area contributed by atoms with Gasteiger partial charge in [-0.15, -0.1) is 0 Å². The summed E-state index contributed by atoms with van der Waals surface area (Å²) in [5, 5.41) is 2.78. The van der Waals surface area contributed by atoms with E-state index in [-0.39, 0.29) is 5.91 Å². The van der Waals surface area contributed by atoms with Gasteiger partial charge in [0, 0.05) is 17.3 Å². The Bertz CT molecular complexity index is 671. The monoisotopic (exact) mass is 389 g/mol. The van der Waals surface area contributed by atoms with Gasteiger partial charge in [-0.2, -0.15) is 0 Å². The highest BCUT2D eigenvalue weighted by atomic mass is 79.9. The van der Waals surface area contributed by atoms with Gasteiger partial charge < -0.3 is 10.1 Å². The lowest BCUT2D eigenvalue weighted by atomic mass is 10.1. The second-order valence-electron chi connectivity index (χ2n) is 5.46. The van der Waals surface area contributed by atoms with E-state index in [9.17, 15) is 9.59 Å². The number of benzene rings is 2. The van der Waals surface area contributed by atoms with Crippen LogP contribution in [0.3, 0.4) is 0 Å². The van der Waals surface area contributed by atoms with Crippen LogP contribution in [-0.2, 0) is 27.2 Å². The molecule has 2 aromatic rings. The van der Waals surface area contributed by atoms with Gasteiger partial charge in [-0.05, 0) is 29.7 Å². The standard InChI is InChI=1S/C19H20BrNO3/c1-24-19(23)17(13-15-7-10-16(20)11-8-15)21-18(22)12-9-14-5-3-2-4-6-14/h2-8,10-11,17H,9,12-13H2,1H3,(H,21,22)/t17-/m1/s1. The topological polar surface area (TPSA) is 55.4 Å². The molecular weight excluding hydrogens is 370 g/mol. The number of carbonyl (C=O) groups is 2. The van der Waals surface area contributed by atoms with Crippen molar-refractivity contribution in [2.24, 2.45) is 0 Å². The molecular formula is C19H20BrNO3. The highest BCUT2D eigenvalue weighted by Crippen LogP contribution is 2.12. The van der Waals surface area contributed by atoms with Crippen LogP contribution in [0.1, 0.15) is 17.5 Å². The fourth-order valence-electron chi connectivity index (χ4n) is 2.36. The van der Waals surface area contributed by atoms with Crippen LogP contribution in [0.2, 0.25) is 0 Å². The summed E-state index contributed by atoms with van der Waals surface area (Å²) in [4.78, 5) is 24.1. The van der Waals surface area contributed by atoms with Crippen LogP contribution >= 0.6 is 15.9 Å². The largest absolute Gasteiger partial charge is 0.467 e. The molecule has 0 saturated carbocycles. The molecule has 0 heterocycles.